The summed E-state index contributed by atoms with van der Waals surface area (Å²) < 4.78 is 25.9. The molecule has 0 bridgehead atoms. The lowest BCUT2D eigenvalue weighted by Gasteiger charge is -2.31. The summed E-state index contributed by atoms with van der Waals surface area (Å²) in [5, 5.41) is 2.91. The number of sulfonamides is 1. The van der Waals surface area contributed by atoms with Gasteiger partial charge in [-0.15, -0.1) is 0 Å². The lowest BCUT2D eigenvalue weighted by atomic mass is 10.0. The molecule has 1 N–H and O–H groups in total. The Morgan fingerprint density at radius 2 is 1.87 bits per heavy atom. The minimum absolute atomic E-state index is 0.292. The Morgan fingerprint density at radius 1 is 1.17 bits per heavy atom. The lowest BCUT2D eigenvalue weighted by Crippen LogP contribution is -2.48. The van der Waals surface area contributed by atoms with E-state index in [1.54, 1.807) is 19.1 Å². The SMILES string of the molecule is Cc1ccc(N([C@@H](C)C(=O)NCCCN2CCCc3ccccc32)S(C)(=O)=O)cc1. The van der Waals surface area contributed by atoms with Gasteiger partial charge in [-0.05, 0) is 56.9 Å². The van der Waals surface area contributed by atoms with Crippen molar-refractivity contribution in [3.05, 3.63) is 59.7 Å². The second kappa shape index (κ2) is 9.51. The molecule has 6 nitrogen and oxygen atoms in total. The summed E-state index contributed by atoms with van der Waals surface area (Å²) in [6.45, 7) is 5.95. The molecule has 0 unspecified atom stereocenters. The highest BCUT2D eigenvalue weighted by Crippen LogP contribution is 2.26. The summed E-state index contributed by atoms with van der Waals surface area (Å²) in [6, 6.07) is 14.8. The number of hydrogen-bond acceptors (Lipinski definition) is 4. The quantitative estimate of drug-likeness (QED) is 0.655. The minimum Gasteiger partial charge on any atom is -0.371 e. The smallest absolute Gasteiger partial charge is 0.243 e. The molecule has 0 saturated carbocycles. The van der Waals surface area contributed by atoms with Gasteiger partial charge >= 0.3 is 0 Å². The van der Waals surface area contributed by atoms with E-state index in [1.807, 2.05) is 19.1 Å². The van der Waals surface area contributed by atoms with Crippen LogP contribution in [0.5, 0.6) is 0 Å². The number of para-hydroxylation sites is 1. The highest BCUT2D eigenvalue weighted by atomic mass is 32.2. The molecule has 30 heavy (non-hydrogen) atoms. The van der Waals surface area contributed by atoms with Crippen LogP contribution < -0.4 is 14.5 Å². The van der Waals surface area contributed by atoms with E-state index in [1.165, 1.54) is 15.6 Å². The van der Waals surface area contributed by atoms with Gasteiger partial charge in [-0.1, -0.05) is 35.9 Å². The molecule has 7 heteroatoms. The normalized spacial score (nSPS) is 14.7. The first-order chi connectivity index (χ1) is 14.3. The van der Waals surface area contributed by atoms with Crippen LogP contribution in [0.1, 0.15) is 30.9 Å². The Hall–Kier alpha value is -2.54. The molecule has 2 aromatic carbocycles. The van der Waals surface area contributed by atoms with Gasteiger partial charge in [-0.3, -0.25) is 9.10 Å². The number of aryl methyl sites for hydroxylation is 2. The Bertz CT molecular complexity index is 973. The standard InChI is InChI=1S/C23H31N3O3S/c1-18-11-13-21(14-12-18)26(30(3,28)29)19(2)23(27)24-15-7-17-25-16-6-9-20-8-4-5-10-22(20)25/h4-5,8,10-14,19H,6-7,9,15-17H2,1-3H3,(H,24,27)/t19-/m0/s1. The fraction of sp³-hybridized carbons (Fsp3) is 0.435. The summed E-state index contributed by atoms with van der Waals surface area (Å²) in [6.07, 6.45) is 4.18. The number of nitrogens with one attached hydrogen (secondary N) is 1. The van der Waals surface area contributed by atoms with Gasteiger partial charge in [0.25, 0.3) is 0 Å². The topological polar surface area (TPSA) is 69.7 Å². The Balaban J connectivity index is 1.57. The summed E-state index contributed by atoms with van der Waals surface area (Å²) in [7, 11) is -3.59. The Morgan fingerprint density at radius 3 is 2.57 bits per heavy atom. The maximum Gasteiger partial charge on any atom is 0.243 e. The lowest BCUT2D eigenvalue weighted by molar-refractivity contribution is -0.121. The van der Waals surface area contributed by atoms with Crippen LogP contribution >= 0.6 is 0 Å². The van der Waals surface area contributed by atoms with Crippen molar-refractivity contribution in [3.63, 3.8) is 0 Å². The largest absolute Gasteiger partial charge is 0.371 e. The average molecular weight is 430 g/mol. The number of rotatable bonds is 8. The van der Waals surface area contributed by atoms with E-state index in [-0.39, 0.29) is 5.91 Å². The molecule has 1 amide bonds. The Labute approximate surface area is 179 Å². The first kappa shape index (κ1) is 22.2. The van der Waals surface area contributed by atoms with Gasteiger partial charge in [-0.2, -0.15) is 0 Å². The van der Waals surface area contributed by atoms with E-state index in [2.05, 4.69) is 34.5 Å². The highest BCUT2D eigenvalue weighted by Gasteiger charge is 2.28. The van der Waals surface area contributed by atoms with Gasteiger partial charge in [0.1, 0.15) is 6.04 Å². The minimum atomic E-state index is -3.59. The zero-order chi connectivity index (χ0) is 21.7. The van der Waals surface area contributed by atoms with Crippen molar-refractivity contribution < 1.29 is 13.2 Å². The van der Waals surface area contributed by atoms with Gasteiger partial charge in [0.05, 0.1) is 11.9 Å². The molecule has 0 spiro atoms. The second-order valence-corrected chi connectivity index (χ2v) is 9.79. The maximum absolute atomic E-state index is 12.7. The molecule has 1 atom stereocenters. The molecular formula is C23H31N3O3S. The van der Waals surface area contributed by atoms with Gasteiger partial charge in [0.2, 0.25) is 15.9 Å². The zero-order valence-corrected chi connectivity index (χ0v) is 18.8. The predicted molar refractivity (Wildman–Crippen MR) is 123 cm³/mol. The number of anilines is 2. The molecule has 0 aromatic heterocycles. The van der Waals surface area contributed by atoms with Crippen LogP contribution in [0.15, 0.2) is 48.5 Å². The third-order valence-corrected chi connectivity index (χ3v) is 6.73. The molecule has 1 aliphatic rings. The van der Waals surface area contributed by atoms with Crippen molar-refractivity contribution >= 4 is 27.3 Å². The number of nitrogens with zero attached hydrogens (tertiary/aromatic N) is 2. The summed E-state index contributed by atoms with van der Waals surface area (Å²) in [5.41, 5.74) is 4.19. The Kier molecular flexibility index (Phi) is 7.02. The molecule has 1 heterocycles. The van der Waals surface area contributed by atoms with E-state index in [9.17, 15) is 13.2 Å². The van der Waals surface area contributed by atoms with Gasteiger partial charge in [0, 0.05) is 25.3 Å². The molecular weight excluding hydrogens is 398 g/mol. The molecule has 0 radical (unpaired) electrons. The monoisotopic (exact) mass is 429 g/mol. The first-order valence-corrected chi connectivity index (χ1v) is 12.3. The molecule has 3 rings (SSSR count). The second-order valence-electron chi connectivity index (χ2n) is 7.93. The predicted octanol–water partition coefficient (Wildman–Crippen LogP) is 3.11. The number of benzene rings is 2. The number of fused-ring (bicyclic) bond motifs is 1. The van der Waals surface area contributed by atoms with E-state index in [0.717, 1.165) is 44.2 Å². The van der Waals surface area contributed by atoms with Gasteiger partial charge in [0.15, 0.2) is 0 Å². The molecule has 0 aliphatic carbocycles. The van der Waals surface area contributed by atoms with Gasteiger partial charge < -0.3 is 10.2 Å². The van der Waals surface area contributed by atoms with Crippen LogP contribution in [-0.2, 0) is 21.2 Å². The van der Waals surface area contributed by atoms with Crippen LogP contribution in [-0.4, -0.2) is 46.3 Å². The van der Waals surface area contributed by atoms with Crippen molar-refractivity contribution in [2.24, 2.45) is 0 Å². The van der Waals surface area contributed by atoms with Gasteiger partial charge in [-0.25, -0.2) is 8.42 Å². The number of carbonyl (C=O) groups excluding carboxylic acids is 1. The zero-order valence-electron chi connectivity index (χ0n) is 18.0. The van der Waals surface area contributed by atoms with Crippen molar-refractivity contribution in [2.75, 3.05) is 35.1 Å². The van der Waals surface area contributed by atoms with Crippen molar-refractivity contribution in [3.8, 4) is 0 Å². The van der Waals surface area contributed by atoms with Crippen molar-refractivity contribution in [2.45, 2.75) is 39.2 Å². The van der Waals surface area contributed by atoms with Crippen molar-refractivity contribution in [1.29, 1.82) is 0 Å². The summed E-state index contributed by atoms with van der Waals surface area (Å²) >= 11 is 0. The third kappa shape index (κ3) is 5.33. The fourth-order valence-electron chi connectivity index (χ4n) is 3.97. The van der Waals surface area contributed by atoms with Crippen LogP contribution in [0.25, 0.3) is 0 Å². The molecule has 0 saturated heterocycles. The van der Waals surface area contributed by atoms with E-state index < -0.39 is 16.1 Å². The highest BCUT2D eigenvalue weighted by molar-refractivity contribution is 7.92. The van der Waals surface area contributed by atoms with E-state index in [0.29, 0.717) is 12.2 Å². The number of hydrogen-bond donors (Lipinski definition) is 1. The number of amides is 1. The van der Waals surface area contributed by atoms with Crippen LogP contribution in [0.3, 0.4) is 0 Å². The number of carbonyl (C=O) groups is 1. The molecule has 0 fully saturated rings. The summed E-state index contributed by atoms with van der Waals surface area (Å²) in [4.78, 5) is 15.1. The van der Waals surface area contributed by atoms with Crippen LogP contribution in [0.4, 0.5) is 11.4 Å². The van der Waals surface area contributed by atoms with Crippen LogP contribution in [0.2, 0.25) is 0 Å². The molecule has 2 aromatic rings. The third-order valence-electron chi connectivity index (χ3n) is 5.49. The first-order valence-electron chi connectivity index (χ1n) is 10.4. The molecule has 162 valence electrons. The maximum atomic E-state index is 12.7. The fourth-order valence-corrected chi connectivity index (χ4v) is 5.15. The van der Waals surface area contributed by atoms with Crippen LogP contribution in [0, 0.1) is 6.92 Å². The van der Waals surface area contributed by atoms with E-state index >= 15 is 0 Å². The molecule has 1 aliphatic heterocycles. The average Bonchev–Trinajstić information content (AvgIpc) is 2.71. The van der Waals surface area contributed by atoms with E-state index in [4.69, 9.17) is 0 Å². The summed E-state index contributed by atoms with van der Waals surface area (Å²) in [5.74, 6) is -0.292. The van der Waals surface area contributed by atoms with Crippen molar-refractivity contribution in [1.82, 2.24) is 5.32 Å².